The van der Waals surface area contributed by atoms with Crippen LogP contribution in [-0.4, -0.2) is 41.0 Å². The third-order valence-electron chi connectivity index (χ3n) is 2.17. The van der Waals surface area contributed by atoms with Crippen molar-refractivity contribution in [1.82, 2.24) is 14.9 Å². The number of ether oxygens (including phenoxy) is 1. The van der Waals surface area contributed by atoms with E-state index in [-0.39, 0.29) is 5.28 Å². The van der Waals surface area contributed by atoms with Gasteiger partial charge >= 0.3 is 0 Å². The van der Waals surface area contributed by atoms with E-state index in [1.165, 1.54) is 0 Å². The molecule has 6 heteroatoms. The minimum Gasteiger partial charge on any atom is -0.369 e. The fourth-order valence-electron chi connectivity index (χ4n) is 1.37. The van der Waals surface area contributed by atoms with Crippen molar-refractivity contribution < 1.29 is 4.74 Å². The first-order chi connectivity index (χ1) is 8.67. The molecular weight excluding hydrogens is 270 g/mol. The number of aromatic nitrogens is 2. The van der Waals surface area contributed by atoms with Gasteiger partial charge in [-0.2, -0.15) is 12.6 Å². The molecule has 0 bridgehead atoms. The summed E-state index contributed by atoms with van der Waals surface area (Å²) in [6.07, 6.45) is 1.76. The lowest BCUT2D eigenvalue weighted by Crippen LogP contribution is -2.28. The second-order valence-electron chi connectivity index (χ2n) is 3.44. The number of methoxy groups -OCH3 is 1. The SMILES string of the molecule is CC.COCN(CCS)Cc1cnc(Cl)nc1C. The molecule has 0 saturated heterocycles. The molecule has 1 heterocycles. The molecule has 104 valence electrons. The standard InChI is InChI=1S/C10H16ClN3OS.C2H6/c1-8-9(5-12-10(11)13-8)6-14(3-4-16)7-15-2;1-2/h5,16H,3-4,6-7H2,1-2H3;1-2H3. The van der Waals surface area contributed by atoms with Gasteiger partial charge in [0.25, 0.3) is 0 Å². The monoisotopic (exact) mass is 291 g/mol. The van der Waals surface area contributed by atoms with Crippen molar-refractivity contribution in [3.05, 3.63) is 22.7 Å². The predicted octanol–water partition coefficient (Wildman–Crippen LogP) is 2.80. The molecule has 0 N–H and O–H groups in total. The largest absolute Gasteiger partial charge is 0.369 e. The lowest BCUT2D eigenvalue weighted by Gasteiger charge is -2.20. The van der Waals surface area contributed by atoms with Gasteiger partial charge in [-0.15, -0.1) is 0 Å². The molecule has 18 heavy (non-hydrogen) atoms. The maximum absolute atomic E-state index is 5.70. The number of nitrogens with zero attached hydrogens (tertiary/aromatic N) is 3. The smallest absolute Gasteiger partial charge is 0.222 e. The van der Waals surface area contributed by atoms with Crippen LogP contribution < -0.4 is 0 Å². The predicted molar refractivity (Wildman–Crippen MR) is 79.3 cm³/mol. The van der Waals surface area contributed by atoms with Crippen molar-refractivity contribution in [1.29, 1.82) is 0 Å². The fourth-order valence-corrected chi connectivity index (χ4v) is 1.83. The van der Waals surface area contributed by atoms with Crippen LogP contribution in [0.4, 0.5) is 0 Å². The summed E-state index contributed by atoms with van der Waals surface area (Å²) in [7, 11) is 1.68. The molecule has 0 fully saturated rings. The molecule has 0 unspecified atom stereocenters. The van der Waals surface area contributed by atoms with E-state index in [1.54, 1.807) is 13.3 Å². The molecule has 1 rings (SSSR count). The molecule has 0 aliphatic rings. The molecular formula is C12H22ClN3OS. The van der Waals surface area contributed by atoms with Crippen molar-refractivity contribution in [2.24, 2.45) is 0 Å². The summed E-state index contributed by atoms with van der Waals surface area (Å²) < 4.78 is 5.12. The van der Waals surface area contributed by atoms with E-state index in [2.05, 4.69) is 27.5 Å². The lowest BCUT2D eigenvalue weighted by atomic mass is 10.2. The molecule has 4 nitrogen and oxygen atoms in total. The van der Waals surface area contributed by atoms with E-state index in [0.717, 1.165) is 30.1 Å². The van der Waals surface area contributed by atoms with Gasteiger partial charge < -0.3 is 4.74 Å². The van der Waals surface area contributed by atoms with Crippen LogP contribution in [0.1, 0.15) is 25.1 Å². The van der Waals surface area contributed by atoms with Crippen LogP contribution in [0.25, 0.3) is 0 Å². The average molecular weight is 292 g/mol. The zero-order chi connectivity index (χ0) is 14.0. The Labute approximate surface area is 120 Å². The number of rotatable bonds is 6. The zero-order valence-electron chi connectivity index (χ0n) is 11.5. The summed E-state index contributed by atoms with van der Waals surface area (Å²) in [5.74, 6) is 0.789. The normalized spacial score (nSPS) is 10.2. The van der Waals surface area contributed by atoms with Gasteiger partial charge in [0.2, 0.25) is 5.28 Å². The second kappa shape index (κ2) is 10.6. The molecule has 1 aromatic rings. The highest BCUT2D eigenvalue weighted by Crippen LogP contribution is 2.10. The Balaban J connectivity index is 0.00000137. The first kappa shape index (κ1) is 17.6. The van der Waals surface area contributed by atoms with Gasteiger partial charge in [0, 0.05) is 43.4 Å². The first-order valence-corrected chi connectivity index (χ1v) is 6.98. The Hall–Kier alpha value is -0.360. The van der Waals surface area contributed by atoms with Crippen LogP contribution in [0.5, 0.6) is 0 Å². The molecule has 0 amide bonds. The van der Waals surface area contributed by atoms with Crippen molar-refractivity contribution in [3.63, 3.8) is 0 Å². The zero-order valence-corrected chi connectivity index (χ0v) is 13.1. The summed E-state index contributed by atoms with van der Waals surface area (Å²) in [5, 5.41) is 0.286. The second-order valence-corrected chi connectivity index (χ2v) is 4.23. The minimum atomic E-state index is 0.286. The van der Waals surface area contributed by atoms with Crippen molar-refractivity contribution in [2.75, 3.05) is 26.1 Å². The summed E-state index contributed by atoms with van der Waals surface area (Å²) in [6, 6.07) is 0. The van der Waals surface area contributed by atoms with Crippen LogP contribution in [-0.2, 0) is 11.3 Å². The summed E-state index contributed by atoms with van der Waals surface area (Å²) in [4.78, 5) is 10.2. The Morgan fingerprint density at radius 2 is 2.11 bits per heavy atom. The highest BCUT2D eigenvalue weighted by atomic mass is 35.5. The number of halogens is 1. The van der Waals surface area contributed by atoms with Gasteiger partial charge in [0.15, 0.2) is 0 Å². The molecule has 1 aromatic heterocycles. The number of thiol groups is 1. The molecule has 0 radical (unpaired) electrons. The first-order valence-electron chi connectivity index (χ1n) is 5.97. The van der Waals surface area contributed by atoms with E-state index in [9.17, 15) is 0 Å². The van der Waals surface area contributed by atoms with Gasteiger partial charge in [0.05, 0.1) is 6.73 Å². The Bertz CT molecular complexity index is 333. The van der Waals surface area contributed by atoms with Gasteiger partial charge in [0.1, 0.15) is 0 Å². The molecule has 0 saturated carbocycles. The van der Waals surface area contributed by atoms with Crippen LogP contribution in [0.2, 0.25) is 5.28 Å². The van der Waals surface area contributed by atoms with E-state index in [1.807, 2.05) is 20.8 Å². The third-order valence-corrected chi connectivity index (χ3v) is 2.56. The fraction of sp³-hybridized carbons (Fsp3) is 0.667. The van der Waals surface area contributed by atoms with Crippen molar-refractivity contribution in [3.8, 4) is 0 Å². The molecule has 0 aliphatic heterocycles. The average Bonchev–Trinajstić information content (AvgIpc) is 2.36. The summed E-state index contributed by atoms with van der Waals surface area (Å²) in [5.41, 5.74) is 1.96. The number of hydrogen-bond donors (Lipinski definition) is 1. The Morgan fingerprint density at radius 3 is 2.61 bits per heavy atom. The third kappa shape index (κ3) is 6.54. The summed E-state index contributed by atoms with van der Waals surface area (Å²) >= 11 is 9.91. The molecule has 0 aromatic carbocycles. The van der Waals surface area contributed by atoms with Crippen LogP contribution in [0.15, 0.2) is 6.20 Å². The molecule has 0 aliphatic carbocycles. The summed E-state index contributed by atoms with van der Waals surface area (Å²) in [6.45, 7) is 8.10. The van der Waals surface area contributed by atoms with E-state index in [4.69, 9.17) is 16.3 Å². The van der Waals surface area contributed by atoms with Crippen molar-refractivity contribution >= 4 is 24.2 Å². The van der Waals surface area contributed by atoms with Gasteiger partial charge in [-0.05, 0) is 18.5 Å². The van der Waals surface area contributed by atoms with Crippen LogP contribution in [0, 0.1) is 6.92 Å². The van der Waals surface area contributed by atoms with E-state index < -0.39 is 0 Å². The highest BCUT2D eigenvalue weighted by Gasteiger charge is 2.08. The maximum atomic E-state index is 5.70. The van der Waals surface area contributed by atoms with Crippen molar-refractivity contribution in [2.45, 2.75) is 27.3 Å². The van der Waals surface area contributed by atoms with E-state index in [0.29, 0.717) is 6.73 Å². The van der Waals surface area contributed by atoms with Gasteiger partial charge in [-0.25, -0.2) is 9.97 Å². The van der Waals surface area contributed by atoms with Gasteiger partial charge in [-0.1, -0.05) is 13.8 Å². The van der Waals surface area contributed by atoms with Crippen LogP contribution in [0.3, 0.4) is 0 Å². The van der Waals surface area contributed by atoms with E-state index >= 15 is 0 Å². The Kier molecular flexibility index (Phi) is 10.3. The van der Waals surface area contributed by atoms with Crippen LogP contribution >= 0.6 is 24.2 Å². The maximum Gasteiger partial charge on any atom is 0.222 e. The van der Waals surface area contributed by atoms with Gasteiger partial charge in [-0.3, -0.25) is 4.90 Å². The topological polar surface area (TPSA) is 38.2 Å². The molecule has 0 spiro atoms. The Morgan fingerprint density at radius 1 is 1.44 bits per heavy atom. The minimum absolute atomic E-state index is 0.286. The number of hydrogen-bond acceptors (Lipinski definition) is 5. The quantitative estimate of drug-likeness (QED) is 0.497. The highest BCUT2D eigenvalue weighted by molar-refractivity contribution is 7.80. The lowest BCUT2D eigenvalue weighted by molar-refractivity contribution is 0.0624. The number of aryl methyl sites for hydroxylation is 1. The molecule has 0 atom stereocenters.